The highest BCUT2D eigenvalue weighted by molar-refractivity contribution is 9.10. The summed E-state index contributed by atoms with van der Waals surface area (Å²) in [6.07, 6.45) is 9.98. The van der Waals surface area contributed by atoms with E-state index >= 15 is 0 Å². The Morgan fingerprint density at radius 1 is 0.919 bits per heavy atom. The predicted octanol–water partition coefficient (Wildman–Crippen LogP) is 7.15. The highest BCUT2D eigenvalue weighted by atomic mass is 79.9. The quantitative estimate of drug-likeness (QED) is 0.0809. The van der Waals surface area contributed by atoms with Crippen molar-refractivity contribution >= 4 is 80.1 Å². The number of fused-ring (bicyclic) bond motifs is 1. The molecule has 3 aliphatic rings. The predicted molar refractivity (Wildman–Crippen MR) is 251 cm³/mol. The van der Waals surface area contributed by atoms with Gasteiger partial charge in [-0.15, -0.1) is 0 Å². The number of carbonyl (C=O) groups is 2. The first-order chi connectivity index (χ1) is 29.9. The molecule has 14 nitrogen and oxygen atoms in total. The number of methoxy groups -OCH3 is 1. The molecule has 0 saturated carbocycles. The van der Waals surface area contributed by atoms with Gasteiger partial charge in [0, 0.05) is 88.6 Å². The van der Waals surface area contributed by atoms with Gasteiger partial charge in [0.05, 0.1) is 39.7 Å². The standard InChI is InChI=1S/C46H56BrN10O4P/c1-6-31-26-38(52-46-50-28-35(47)44(54-46)51-37-11-10-36-42(49-17-16-48-36)43(37)62(4,5)60)40(61-3)27-39(31)57-19-14-32(15-20-57)56-23-21-55(22-24-56)18-13-30-7-8-33(29(2)25-30)34-9-12-41(58)53-45(34)59/h7-8,10-11,16-17,25-28,32,34H,6,9,12-15,18-24H2,1-5H3,(H,53,58,59)(H2,50,51,52,54). The maximum absolute atomic E-state index is 13.5. The lowest BCUT2D eigenvalue weighted by atomic mass is 9.87. The largest absolute Gasteiger partial charge is 0.494 e. The summed E-state index contributed by atoms with van der Waals surface area (Å²) in [7, 11) is -1.08. The van der Waals surface area contributed by atoms with Crippen LogP contribution in [0.3, 0.4) is 0 Å². The van der Waals surface area contributed by atoms with Crippen molar-refractivity contribution in [2.24, 2.45) is 0 Å². The van der Waals surface area contributed by atoms with Crippen LogP contribution in [-0.2, 0) is 27.0 Å². The minimum Gasteiger partial charge on any atom is -0.494 e. The van der Waals surface area contributed by atoms with E-state index in [1.165, 1.54) is 16.8 Å². The number of imide groups is 1. The second-order valence-corrected chi connectivity index (χ2v) is 21.0. The Bertz CT molecular complexity index is 2520. The summed E-state index contributed by atoms with van der Waals surface area (Å²) in [5.41, 5.74) is 8.59. The number of piperidine rings is 2. The van der Waals surface area contributed by atoms with Gasteiger partial charge in [-0.1, -0.05) is 25.1 Å². The average Bonchev–Trinajstić information content (AvgIpc) is 3.26. The van der Waals surface area contributed by atoms with Gasteiger partial charge in [0.25, 0.3) is 0 Å². The molecule has 2 amide bonds. The summed E-state index contributed by atoms with van der Waals surface area (Å²) in [6, 6.07) is 15.1. The Balaban J connectivity index is 0.864. The van der Waals surface area contributed by atoms with Crippen molar-refractivity contribution in [1.29, 1.82) is 0 Å². The van der Waals surface area contributed by atoms with E-state index in [4.69, 9.17) is 9.72 Å². The Morgan fingerprint density at radius 3 is 2.40 bits per heavy atom. The average molecular weight is 924 g/mol. The molecule has 8 rings (SSSR count). The molecule has 1 atom stereocenters. The summed E-state index contributed by atoms with van der Waals surface area (Å²) >= 11 is 3.60. The molecule has 2 aromatic heterocycles. The number of anilines is 5. The maximum Gasteiger partial charge on any atom is 0.234 e. The smallest absolute Gasteiger partial charge is 0.234 e. The van der Waals surface area contributed by atoms with E-state index in [2.05, 4.69) is 106 Å². The van der Waals surface area contributed by atoms with E-state index in [1.807, 2.05) is 12.1 Å². The van der Waals surface area contributed by atoms with Crippen LogP contribution in [-0.4, -0.2) is 114 Å². The number of hydrogen-bond donors (Lipinski definition) is 3. The number of nitrogens with one attached hydrogen (secondary N) is 3. The number of piperazine rings is 1. The molecule has 3 saturated heterocycles. The third-order valence-corrected chi connectivity index (χ3v) is 14.7. The van der Waals surface area contributed by atoms with Gasteiger partial charge < -0.3 is 29.7 Å². The fourth-order valence-electron chi connectivity index (χ4n) is 9.27. The number of hydrogen-bond acceptors (Lipinski definition) is 13. The number of aromatic nitrogens is 4. The zero-order valence-electron chi connectivity index (χ0n) is 36.2. The van der Waals surface area contributed by atoms with Crippen LogP contribution in [0, 0.1) is 6.92 Å². The minimum atomic E-state index is -2.77. The van der Waals surface area contributed by atoms with Gasteiger partial charge >= 0.3 is 0 Å². The zero-order valence-corrected chi connectivity index (χ0v) is 38.7. The molecule has 62 heavy (non-hydrogen) atoms. The Morgan fingerprint density at radius 2 is 1.69 bits per heavy atom. The number of carbonyl (C=O) groups excluding carboxylic acids is 2. The van der Waals surface area contributed by atoms with Crippen LogP contribution in [0.4, 0.5) is 28.8 Å². The van der Waals surface area contributed by atoms with E-state index in [0.717, 1.165) is 88.3 Å². The lowest BCUT2D eigenvalue weighted by Gasteiger charge is -2.43. The number of rotatable bonds is 13. The number of halogens is 1. The first kappa shape index (κ1) is 43.7. The summed E-state index contributed by atoms with van der Waals surface area (Å²) in [4.78, 5) is 50.2. The third-order valence-electron chi connectivity index (χ3n) is 12.6. The zero-order chi connectivity index (χ0) is 43.5. The van der Waals surface area contributed by atoms with Crippen LogP contribution >= 0.6 is 23.1 Å². The Labute approximate surface area is 372 Å². The molecule has 5 aromatic rings. The van der Waals surface area contributed by atoms with Crippen LogP contribution in [0.2, 0.25) is 0 Å². The number of nitrogens with zero attached hydrogens (tertiary/aromatic N) is 7. The molecular weight excluding hydrogens is 867 g/mol. The number of ether oxygens (including phenoxy) is 1. The van der Waals surface area contributed by atoms with Crippen molar-refractivity contribution in [3.63, 3.8) is 0 Å². The van der Waals surface area contributed by atoms with Gasteiger partial charge in [0.15, 0.2) is 0 Å². The van der Waals surface area contributed by atoms with Crippen LogP contribution in [0.5, 0.6) is 5.75 Å². The normalized spacial score (nSPS) is 18.2. The number of aryl methyl sites for hydroxylation is 2. The van der Waals surface area contributed by atoms with Gasteiger partial charge in [-0.05, 0) is 109 Å². The van der Waals surface area contributed by atoms with Crippen LogP contribution in [0.1, 0.15) is 60.8 Å². The Kier molecular flexibility index (Phi) is 13.2. The highest BCUT2D eigenvalue weighted by Crippen LogP contribution is 2.42. The van der Waals surface area contributed by atoms with Gasteiger partial charge in [-0.2, -0.15) is 4.98 Å². The molecule has 5 heterocycles. The number of amides is 2. The van der Waals surface area contributed by atoms with E-state index in [9.17, 15) is 14.2 Å². The van der Waals surface area contributed by atoms with Crippen LogP contribution in [0.25, 0.3) is 11.0 Å². The molecule has 3 aromatic carbocycles. The molecule has 16 heteroatoms. The first-order valence-electron chi connectivity index (χ1n) is 21.6. The van der Waals surface area contributed by atoms with Gasteiger partial charge in [-0.25, -0.2) is 4.98 Å². The summed E-state index contributed by atoms with van der Waals surface area (Å²) in [6.45, 7) is 15.0. The second kappa shape index (κ2) is 18.8. The van der Waals surface area contributed by atoms with Crippen molar-refractivity contribution in [3.05, 3.63) is 87.8 Å². The maximum atomic E-state index is 13.5. The first-order valence-corrected chi connectivity index (χ1v) is 25.0. The van der Waals surface area contributed by atoms with E-state index in [-0.39, 0.29) is 17.7 Å². The Hall–Kier alpha value is -4.95. The third kappa shape index (κ3) is 9.66. The number of benzene rings is 3. The monoisotopic (exact) mass is 922 g/mol. The van der Waals surface area contributed by atoms with E-state index in [1.54, 1.807) is 39.0 Å². The molecule has 1 unspecified atom stereocenters. The van der Waals surface area contributed by atoms with Crippen molar-refractivity contribution in [2.45, 2.75) is 64.3 Å². The van der Waals surface area contributed by atoms with Crippen LogP contribution in [0.15, 0.2) is 65.5 Å². The molecule has 0 radical (unpaired) electrons. The molecule has 3 fully saturated rings. The van der Waals surface area contributed by atoms with Crippen molar-refractivity contribution in [3.8, 4) is 5.75 Å². The lowest BCUT2D eigenvalue weighted by molar-refractivity contribution is -0.134. The summed E-state index contributed by atoms with van der Waals surface area (Å²) in [5, 5.41) is 9.91. The molecule has 0 bridgehead atoms. The molecule has 326 valence electrons. The molecule has 0 aliphatic carbocycles. The lowest BCUT2D eigenvalue weighted by Crippen LogP contribution is -2.53. The fraction of sp³-hybridized carbons (Fsp3) is 0.435. The fourth-order valence-corrected chi connectivity index (χ4v) is 11.0. The molecule has 3 aliphatic heterocycles. The molecule has 3 N–H and O–H groups in total. The topological polar surface area (TPSA) is 158 Å². The second-order valence-electron chi connectivity index (χ2n) is 17.0. The van der Waals surface area contributed by atoms with Crippen molar-refractivity contribution < 1.29 is 18.9 Å². The van der Waals surface area contributed by atoms with Crippen LogP contribution < -0.4 is 30.9 Å². The van der Waals surface area contributed by atoms with Gasteiger partial charge in [0.1, 0.15) is 24.2 Å². The summed E-state index contributed by atoms with van der Waals surface area (Å²) in [5.74, 6) is 1.02. The molecule has 0 spiro atoms. The van der Waals surface area contributed by atoms with Crippen molar-refractivity contribution in [2.75, 3.05) is 81.8 Å². The minimum absolute atomic E-state index is 0.175. The van der Waals surface area contributed by atoms with Gasteiger partial charge in [-0.3, -0.25) is 29.8 Å². The highest BCUT2D eigenvalue weighted by Gasteiger charge is 2.31. The SMILES string of the molecule is CCc1cc(Nc2ncc(Br)c(Nc3ccc4nccnc4c3P(C)(C)=O)n2)c(OC)cc1N1CCC(N2CCN(CCc3ccc(C4CCC(=O)NC4=O)c(C)c3)CC2)CC1. The van der Waals surface area contributed by atoms with Gasteiger partial charge in [0.2, 0.25) is 17.8 Å². The molecular formula is C46H56BrN10O4P. The van der Waals surface area contributed by atoms with Crippen molar-refractivity contribution in [1.82, 2.24) is 35.1 Å². The van der Waals surface area contributed by atoms with E-state index in [0.29, 0.717) is 62.9 Å². The van der Waals surface area contributed by atoms with E-state index < -0.39 is 7.14 Å². The summed E-state index contributed by atoms with van der Waals surface area (Å²) < 4.78 is 20.1.